The van der Waals surface area contributed by atoms with Crippen molar-refractivity contribution in [2.45, 2.75) is 14.4 Å². The Morgan fingerprint density at radius 2 is 1.82 bits per heavy atom. The summed E-state index contributed by atoms with van der Waals surface area (Å²) in [5.74, 6) is 0.446. The number of carbonyl (C=O) groups excluding carboxylic acids is 1. The first-order chi connectivity index (χ1) is 15.9. The van der Waals surface area contributed by atoms with Crippen LogP contribution in [0.3, 0.4) is 0 Å². The summed E-state index contributed by atoms with van der Waals surface area (Å²) < 4.78 is 9.87. The van der Waals surface area contributed by atoms with Crippen molar-refractivity contribution in [2.75, 3.05) is 24.9 Å². The molecule has 4 rings (SSSR count). The highest BCUT2D eigenvalue weighted by Gasteiger charge is 2.08. The van der Waals surface area contributed by atoms with E-state index < -0.39 is 0 Å². The van der Waals surface area contributed by atoms with E-state index in [1.165, 1.54) is 13.3 Å². The summed E-state index contributed by atoms with van der Waals surface area (Å²) in [4.78, 5) is 23.9. The predicted octanol–water partition coefficient (Wildman–Crippen LogP) is 4.29. The molecule has 0 fully saturated rings. The molecule has 34 heavy (non-hydrogen) atoms. The van der Waals surface area contributed by atoms with Crippen LogP contribution in [0.25, 0.3) is 22.4 Å². The Labute approximate surface area is 197 Å². The van der Waals surface area contributed by atoms with E-state index in [0.29, 0.717) is 46.3 Å². The summed E-state index contributed by atoms with van der Waals surface area (Å²) in [6.07, 6.45) is 1.49. The lowest BCUT2D eigenvalue weighted by Gasteiger charge is -2.07. The number of nitrogens with two attached hydrogens (primary N) is 1. The zero-order valence-corrected chi connectivity index (χ0v) is 18.0. The minimum atomic E-state index is -0.355. The van der Waals surface area contributed by atoms with Crippen molar-refractivity contribution in [1.29, 1.82) is 0 Å². The summed E-state index contributed by atoms with van der Waals surface area (Å²) in [5.41, 5.74) is 11.3. The second kappa shape index (κ2) is 12.0. The third kappa shape index (κ3) is 6.30. The Balaban J connectivity index is 0.000000256. The number of nitrogen functional groups attached to an aromatic ring is 1. The summed E-state index contributed by atoms with van der Waals surface area (Å²) >= 11 is 0. The van der Waals surface area contributed by atoms with Gasteiger partial charge in [0, 0.05) is 5.56 Å². The average Bonchev–Trinajstić information content (AvgIpc) is 2.84. The Hall–Kier alpha value is -4.44. The van der Waals surface area contributed by atoms with Crippen LogP contribution < -0.4 is 16.0 Å². The fourth-order valence-corrected chi connectivity index (χ4v) is 2.80. The quantitative estimate of drug-likeness (QED) is 0.248. The molecule has 0 amide bonds. The highest BCUT2D eigenvalue weighted by molar-refractivity contribution is 5.89. The second-order valence-corrected chi connectivity index (χ2v) is 6.63. The molecule has 0 saturated carbocycles. The van der Waals surface area contributed by atoms with Gasteiger partial charge in [-0.15, -0.1) is 0 Å². The number of rotatable bonds is 5. The highest BCUT2D eigenvalue weighted by Crippen LogP contribution is 2.31. The van der Waals surface area contributed by atoms with Gasteiger partial charge in [-0.05, 0) is 61.5 Å². The highest BCUT2D eigenvalue weighted by atomic mass is 16.5. The number of hydrogen-bond donors (Lipinski definition) is 4. The fraction of sp³-hybridized carbons (Fsp3) is 0.167. The third-order valence-electron chi connectivity index (χ3n) is 4.43. The number of hydrogen-bond acceptors (Lipinski definition) is 10. The van der Waals surface area contributed by atoms with E-state index in [0.717, 1.165) is 5.56 Å². The van der Waals surface area contributed by atoms with E-state index >= 15 is 0 Å². The van der Waals surface area contributed by atoms with Gasteiger partial charge >= 0.3 is 5.97 Å². The van der Waals surface area contributed by atoms with E-state index in [9.17, 15) is 9.90 Å². The van der Waals surface area contributed by atoms with E-state index in [4.69, 9.17) is 20.4 Å². The number of methoxy groups -OCH3 is 1. The van der Waals surface area contributed by atoms with Crippen molar-refractivity contribution in [1.82, 2.24) is 15.0 Å². The number of phenols is 1. The van der Waals surface area contributed by atoms with Gasteiger partial charge in [0.2, 0.25) is 0 Å². The molecular weight excluding hydrogens is 438 g/mol. The van der Waals surface area contributed by atoms with Crippen molar-refractivity contribution in [3.8, 4) is 22.8 Å². The molecule has 0 unspecified atom stereocenters. The van der Waals surface area contributed by atoms with Crippen LogP contribution in [0, 0.1) is 0 Å². The molecule has 0 aliphatic carbocycles. The number of anilines is 2. The number of aromatic hydroxyl groups is 1. The van der Waals surface area contributed by atoms with Gasteiger partial charge in [-0.1, -0.05) is 7.43 Å². The molecule has 0 aliphatic rings. The van der Waals surface area contributed by atoms with Crippen molar-refractivity contribution in [3.05, 3.63) is 66.4 Å². The van der Waals surface area contributed by atoms with Crippen LogP contribution in [0.2, 0.25) is 0 Å². The van der Waals surface area contributed by atoms with Gasteiger partial charge < -0.3 is 20.3 Å². The molecule has 178 valence electrons. The molecule has 0 atom stereocenters. The third-order valence-corrected chi connectivity index (χ3v) is 4.43. The lowest BCUT2D eigenvalue weighted by atomic mass is 10.1. The predicted molar refractivity (Wildman–Crippen MR) is 130 cm³/mol. The van der Waals surface area contributed by atoms with Crippen molar-refractivity contribution in [3.63, 3.8) is 0 Å². The Morgan fingerprint density at radius 1 is 1.09 bits per heavy atom. The summed E-state index contributed by atoms with van der Waals surface area (Å²) in [5, 5.41) is 18.1. The first-order valence-corrected chi connectivity index (χ1v) is 9.89. The van der Waals surface area contributed by atoms with E-state index in [2.05, 4.69) is 15.0 Å². The average molecular weight is 466 g/mol. The van der Waals surface area contributed by atoms with Crippen LogP contribution >= 0.6 is 0 Å². The minimum Gasteiger partial charge on any atom is -0.504 e. The second-order valence-electron chi connectivity index (χ2n) is 6.63. The standard InChI is InChI=1S/C14H12N4O2.C9H11NO3.CH4/c1-20-12-6-8(2-5-11(12)19)9-3-4-10-14(17-9)18-13(15)7-16-10;1-2-13-9(11)7-3-5-8(10-12)6-4-7;/h2-7,19H,1H3,(H2,15,17,18);3-6,10,12H,2H2,1H3;1H4. The zero-order chi connectivity index (χ0) is 23.8. The van der Waals surface area contributed by atoms with E-state index in [-0.39, 0.29) is 19.1 Å². The molecule has 0 radical (unpaired) electrons. The number of benzene rings is 2. The first-order valence-electron chi connectivity index (χ1n) is 9.89. The largest absolute Gasteiger partial charge is 0.504 e. The topological polar surface area (TPSA) is 153 Å². The van der Waals surface area contributed by atoms with Crippen LogP contribution in [0.4, 0.5) is 11.5 Å². The number of aromatic nitrogens is 3. The Morgan fingerprint density at radius 3 is 2.47 bits per heavy atom. The molecule has 10 nitrogen and oxygen atoms in total. The number of phenolic OH excluding ortho intramolecular Hbond substituents is 1. The Bertz CT molecular complexity index is 1250. The number of carbonyl (C=O) groups is 1. The maximum absolute atomic E-state index is 11.1. The molecule has 10 heteroatoms. The number of nitrogens with one attached hydrogen (secondary N) is 1. The number of pyridine rings is 1. The van der Waals surface area contributed by atoms with E-state index in [1.807, 2.05) is 17.6 Å². The number of esters is 1. The van der Waals surface area contributed by atoms with Gasteiger partial charge in [0.15, 0.2) is 17.1 Å². The molecule has 2 aromatic carbocycles. The molecule has 0 aliphatic heterocycles. The Kier molecular flexibility index (Phi) is 9.09. The molecule has 0 saturated heterocycles. The van der Waals surface area contributed by atoms with Crippen LogP contribution in [0.5, 0.6) is 11.5 Å². The molecule has 5 N–H and O–H groups in total. The molecule has 2 heterocycles. The van der Waals surface area contributed by atoms with Crippen LogP contribution in [0.1, 0.15) is 24.7 Å². The number of ether oxygens (including phenoxy) is 2. The molecule has 4 aromatic rings. The first kappa shape index (κ1) is 25.8. The number of fused-ring (bicyclic) bond motifs is 1. The van der Waals surface area contributed by atoms with Gasteiger partial charge in [0.25, 0.3) is 0 Å². The van der Waals surface area contributed by atoms with Gasteiger partial charge in [0.1, 0.15) is 11.3 Å². The molecule has 0 spiro atoms. The normalized spacial score (nSPS) is 9.85. The maximum Gasteiger partial charge on any atom is 0.338 e. The van der Waals surface area contributed by atoms with Gasteiger partial charge in [-0.25, -0.2) is 19.7 Å². The molecular formula is C24H27N5O5. The monoisotopic (exact) mass is 465 g/mol. The van der Waals surface area contributed by atoms with Gasteiger partial charge in [-0.3, -0.25) is 10.7 Å². The fourth-order valence-electron chi connectivity index (χ4n) is 2.80. The summed E-state index contributed by atoms with van der Waals surface area (Å²) in [6, 6.07) is 15.0. The molecule has 2 aromatic heterocycles. The summed E-state index contributed by atoms with van der Waals surface area (Å²) in [7, 11) is 1.50. The SMILES string of the molecule is C.CCOC(=O)c1ccc(NO)cc1.COc1cc(-c2ccc3ncc(N)nc3n2)ccc1O. The van der Waals surface area contributed by atoms with Gasteiger partial charge in [0.05, 0.1) is 36.9 Å². The van der Waals surface area contributed by atoms with E-state index in [1.54, 1.807) is 49.4 Å². The van der Waals surface area contributed by atoms with Gasteiger partial charge in [-0.2, -0.15) is 0 Å². The van der Waals surface area contributed by atoms with Crippen molar-refractivity contribution < 1.29 is 24.6 Å². The molecule has 0 bridgehead atoms. The zero-order valence-electron chi connectivity index (χ0n) is 18.0. The smallest absolute Gasteiger partial charge is 0.338 e. The van der Waals surface area contributed by atoms with Crippen molar-refractivity contribution in [2.24, 2.45) is 0 Å². The van der Waals surface area contributed by atoms with Crippen LogP contribution in [0.15, 0.2) is 60.8 Å². The maximum atomic E-state index is 11.1. The van der Waals surface area contributed by atoms with Crippen LogP contribution in [-0.4, -0.2) is 45.0 Å². The van der Waals surface area contributed by atoms with Crippen LogP contribution in [-0.2, 0) is 4.74 Å². The summed E-state index contributed by atoms with van der Waals surface area (Å²) in [6.45, 7) is 2.11. The minimum absolute atomic E-state index is 0. The van der Waals surface area contributed by atoms with Crippen molar-refractivity contribution >= 4 is 28.6 Å². The number of nitrogens with zero attached hydrogens (tertiary/aromatic N) is 3. The lowest BCUT2D eigenvalue weighted by Crippen LogP contribution is -2.04. The lowest BCUT2D eigenvalue weighted by molar-refractivity contribution is 0.0526.